The monoisotopic (exact) mass is 674 g/mol. The van der Waals surface area contributed by atoms with Crippen molar-refractivity contribution in [1.82, 2.24) is 0 Å². The van der Waals surface area contributed by atoms with Crippen molar-refractivity contribution < 1.29 is 0 Å². The molecule has 246 valence electrons. The zero-order valence-electron chi connectivity index (χ0n) is 29.3. The van der Waals surface area contributed by atoms with E-state index < -0.39 is 0 Å². The number of thiophene rings is 1. The third-order valence-corrected chi connectivity index (χ3v) is 11.5. The lowest BCUT2D eigenvalue weighted by Gasteiger charge is -2.29. The highest BCUT2D eigenvalue weighted by Crippen LogP contribution is 2.51. The van der Waals surface area contributed by atoms with Gasteiger partial charge in [-0.15, -0.1) is 11.3 Å². The fourth-order valence-corrected chi connectivity index (χ4v) is 8.92. The fourth-order valence-electron chi connectivity index (χ4n) is 7.58. The van der Waals surface area contributed by atoms with Gasteiger partial charge in [0.05, 0.1) is 11.4 Å². The molecule has 0 radical (unpaired) electrons. The lowest BCUT2D eigenvalue weighted by Crippen LogP contribution is -2.12. The third-order valence-electron chi connectivity index (χ3n) is 10.2. The van der Waals surface area contributed by atoms with E-state index in [1.165, 1.54) is 86.7 Å². The molecule has 0 aliphatic carbocycles. The van der Waals surface area contributed by atoms with Crippen molar-refractivity contribution in [3.8, 4) is 0 Å². The SMILES string of the molecule is Cc1ccc(N(c2ccccc2C)c2cc3c4cc(N(c5ccc(C)cc5)c5ccccc5C)c5ccccc5c4sc3c3ccccc23)cc1. The van der Waals surface area contributed by atoms with Gasteiger partial charge in [-0.3, -0.25) is 0 Å². The quantitative estimate of drug-likeness (QED) is 0.173. The van der Waals surface area contributed by atoms with Crippen molar-refractivity contribution >= 4 is 87.2 Å². The molecule has 2 nitrogen and oxygen atoms in total. The Kier molecular flexibility index (Phi) is 7.60. The number of hydrogen-bond donors (Lipinski definition) is 0. The Morgan fingerprint density at radius 2 is 0.686 bits per heavy atom. The van der Waals surface area contributed by atoms with Crippen LogP contribution in [0, 0.1) is 27.7 Å². The van der Waals surface area contributed by atoms with Crippen LogP contribution in [-0.2, 0) is 0 Å². The summed E-state index contributed by atoms with van der Waals surface area (Å²) < 4.78 is 2.64. The zero-order valence-corrected chi connectivity index (χ0v) is 30.1. The third kappa shape index (κ3) is 5.24. The van der Waals surface area contributed by atoms with Gasteiger partial charge in [-0.05, 0) is 87.4 Å². The molecule has 9 aromatic rings. The van der Waals surface area contributed by atoms with Crippen molar-refractivity contribution in [1.29, 1.82) is 0 Å². The molecule has 0 fully saturated rings. The summed E-state index contributed by atoms with van der Waals surface area (Å²) in [5, 5.41) is 7.58. The van der Waals surface area contributed by atoms with Crippen LogP contribution in [0.25, 0.3) is 41.7 Å². The normalized spacial score (nSPS) is 11.5. The minimum atomic E-state index is 1.15. The van der Waals surface area contributed by atoms with Crippen molar-refractivity contribution in [2.24, 2.45) is 0 Å². The van der Waals surface area contributed by atoms with Gasteiger partial charge in [-0.2, -0.15) is 0 Å². The van der Waals surface area contributed by atoms with Gasteiger partial charge in [-0.25, -0.2) is 0 Å². The minimum absolute atomic E-state index is 1.15. The highest BCUT2D eigenvalue weighted by Gasteiger charge is 2.24. The standard InChI is InChI=1S/C48H38N2S/c1-31-21-25-35(26-22-31)49(43-19-11-5-13-33(43)3)45-29-41-42-30-46(50(36-27-23-32(2)24-28-36)44-20-12-6-14-34(44)4)38-16-8-10-18-40(38)48(42)51-47(41)39-17-9-7-15-37(39)45/h5-30H,1-4H3. The number of hydrogen-bond acceptors (Lipinski definition) is 3. The Labute approximate surface area is 303 Å². The molecule has 0 amide bonds. The van der Waals surface area contributed by atoms with Crippen LogP contribution in [0.4, 0.5) is 34.1 Å². The van der Waals surface area contributed by atoms with Gasteiger partial charge in [0.1, 0.15) is 0 Å². The molecule has 3 heteroatoms. The summed E-state index contributed by atoms with van der Waals surface area (Å²) in [6.45, 7) is 8.72. The molecule has 0 aliphatic rings. The molecule has 8 aromatic carbocycles. The van der Waals surface area contributed by atoms with E-state index in [9.17, 15) is 0 Å². The second kappa shape index (κ2) is 12.5. The van der Waals surface area contributed by atoms with Crippen LogP contribution in [0.3, 0.4) is 0 Å². The average molecular weight is 675 g/mol. The van der Waals surface area contributed by atoms with Crippen molar-refractivity contribution in [3.05, 3.63) is 180 Å². The van der Waals surface area contributed by atoms with E-state index in [-0.39, 0.29) is 0 Å². The highest BCUT2D eigenvalue weighted by molar-refractivity contribution is 7.27. The number of anilines is 6. The minimum Gasteiger partial charge on any atom is -0.310 e. The summed E-state index contributed by atoms with van der Waals surface area (Å²) in [5.41, 5.74) is 12.0. The number of fused-ring (bicyclic) bond motifs is 7. The summed E-state index contributed by atoms with van der Waals surface area (Å²) in [4.78, 5) is 4.90. The van der Waals surface area contributed by atoms with Crippen LogP contribution < -0.4 is 9.80 Å². The first-order valence-electron chi connectivity index (χ1n) is 17.6. The van der Waals surface area contributed by atoms with Crippen LogP contribution in [0.1, 0.15) is 22.3 Å². The molecule has 1 aromatic heterocycles. The molecule has 0 unspecified atom stereocenters. The maximum Gasteiger partial charge on any atom is 0.0547 e. The fraction of sp³-hybridized carbons (Fsp3) is 0.0833. The van der Waals surface area contributed by atoms with E-state index in [1.54, 1.807) is 0 Å². The van der Waals surface area contributed by atoms with Gasteiger partial charge in [-0.1, -0.05) is 120 Å². The molecule has 0 saturated carbocycles. The van der Waals surface area contributed by atoms with E-state index >= 15 is 0 Å². The number of para-hydroxylation sites is 2. The summed E-state index contributed by atoms with van der Waals surface area (Å²) in [5.74, 6) is 0. The van der Waals surface area contributed by atoms with Crippen LogP contribution in [0.2, 0.25) is 0 Å². The van der Waals surface area contributed by atoms with E-state index in [2.05, 4.69) is 195 Å². The summed E-state index contributed by atoms with van der Waals surface area (Å²) in [6, 6.07) is 58.1. The second-order valence-electron chi connectivity index (χ2n) is 13.7. The Bertz CT molecular complexity index is 2550. The van der Waals surface area contributed by atoms with Gasteiger partial charge in [0.2, 0.25) is 0 Å². The topological polar surface area (TPSA) is 6.48 Å². The van der Waals surface area contributed by atoms with Crippen molar-refractivity contribution in [3.63, 3.8) is 0 Å². The van der Waals surface area contributed by atoms with Gasteiger partial charge in [0, 0.05) is 64.5 Å². The van der Waals surface area contributed by atoms with Gasteiger partial charge >= 0.3 is 0 Å². The van der Waals surface area contributed by atoms with Crippen molar-refractivity contribution in [2.75, 3.05) is 9.80 Å². The largest absolute Gasteiger partial charge is 0.310 e. The van der Waals surface area contributed by atoms with Crippen LogP contribution in [0.5, 0.6) is 0 Å². The zero-order chi connectivity index (χ0) is 34.6. The predicted molar refractivity (Wildman–Crippen MR) is 223 cm³/mol. The Balaban J connectivity index is 1.40. The Morgan fingerprint density at radius 3 is 1.08 bits per heavy atom. The first-order valence-corrected chi connectivity index (χ1v) is 18.4. The van der Waals surface area contributed by atoms with E-state index in [1.807, 2.05) is 11.3 Å². The van der Waals surface area contributed by atoms with E-state index in [4.69, 9.17) is 0 Å². The predicted octanol–water partition coefficient (Wildman–Crippen LogP) is 14.5. The smallest absolute Gasteiger partial charge is 0.0547 e. The molecule has 1 heterocycles. The molecular formula is C48H38N2S. The summed E-state index contributed by atoms with van der Waals surface area (Å²) >= 11 is 1.92. The molecule has 0 bridgehead atoms. The molecule has 0 saturated heterocycles. The van der Waals surface area contributed by atoms with Gasteiger partial charge < -0.3 is 9.80 Å². The Morgan fingerprint density at radius 1 is 0.333 bits per heavy atom. The first kappa shape index (κ1) is 31.1. The number of benzene rings is 8. The van der Waals surface area contributed by atoms with Gasteiger partial charge in [0.25, 0.3) is 0 Å². The second-order valence-corrected chi connectivity index (χ2v) is 14.7. The number of nitrogens with zero attached hydrogens (tertiary/aromatic N) is 2. The van der Waals surface area contributed by atoms with Crippen LogP contribution in [-0.4, -0.2) is 0 Å². The van der Waals surface area contributed by atoms with E-state index in [0.29, 0.717) is 0 Å². The summed E-state index contributed by atoms with van der Waals surface area (Å²) in [6.07, 6.45) is 0. The molecular weight excluding hydrogens is 637 g/mol. The van der Waals surface area contributed by atoms with Crippen LogP contribution in [0.15, 0.2) is 158 Å². The van der Waals surface area contributed by atoms with Gasteiger partial charge in [0.15, 0.2) is 0 Å². The maximum atomic E-state index is 2.45. The first-order chi connectivity index (χ1) is 25.0. The molecule has 0 atom stereocenters. The van der Waals surface area contributed by atoms with Crippen molar-refractivity contribution in [2.45, 2.75) is 27.7 Å². The number of aryl methyl sites for hydroxylation is 4. The molecule has 0 aliphatic heterocycles. The molecule has 0 N–H and O–H groups in total. The lowest BCUT2D eigenvalue weighted by atomic mass is 9.98. The lowest BCUT2D eigenvalue weighted by molar-refractivity contribution is 1.26. The molecule has 0 spiro atoms. The number of rotatable bonds is 6. The molecule has 51 heavy (non-hydrogen) atoms. The highest BCUT2D eigenvalue weighted by atomic mass is 32.1. The van der Waals surface area contributed by atoms with Crippen LogP contribution >= 0.6 is 11.3 Å². The van der Waals surface area contributed by atoms with E-state index in [0.717, 1.165) is 11.4 Å². The maximum absolute atomic E-state index is 2.45. The average Bonchev–Trinajstić information content (AvgIpc) is 3.54. The molecule has 9 rings (SSSR count). The Hall–Kier alpha value is -5.90. The summed E-state index contributed by atoms with van der Waals surface area (Å²) in [7, 11) is 0.